The Morgan fingerprint density at radius 2 is 1.06 bits per heavy atom. The Morgan fingerprint density at radius 3 is 1.56 bits per heavy atom. The zero-order chi connectivity index (χ0) is 39.5. The summed E-state index contributed by atoms with van der Waals surface area (Å²) >= 11 is 0. The second kappa shape index (κ2) is 35.6. The highest BCUT2D eigenvalue weighted by atomic mass is 16.7. The zero-order valence-corrected chi connectivity index (χ0v) is 34.2. The minimum Gasteiger partial charge on any atom is -0.394 e. The monoisotopic (exact) mass is 764 g/mol. The Kier molecular flexibility index (Phi) is 33.0. The lowest BCUT2D eigenvalue weighted by atomic mass is 9.99. The average molecular weight is 764 g/mol. The van der Waals surface area contributed by atoms with E-state index in [1.54, 1.807) is 6.08 Å². The van der Waals surface area contributed by atoms with Gasteiger partial charge < -0.3 is 40.3 Å². The first-order valence-electron chi connectivity index (χ1n) is 21.9. The van der Waals surface area contributed by atoms with Crippen LogP contribution in [0.25, 0.3) is 0 Å². The molecule has 0 spiro atoms. The number of hydrogen-bond acceptors (Lipinski definition) is 8. The topological polar surface area (TPSA) is 149 Å². The van der Waals surface area contributed by atoms with Crippen molar-refractivity contribution in [1.29, 1.82) is 0 Å². The smallest absolute Gasteiger partial charge is 0.220 e. The van der Waals surface area contributed by atoms with E-state index in [0.717, 1.165) is 70.6 Å². The second-order valence-corrected chi connectivity index (χ2v) is 15.1. The maximum absolute atomic E-state index is 12.9. The standard InChI is InChI=1S/C45H81NO8/c1-3-5-7-9-11-13-15-17-19-20-21-22-24-26-28-30-32-34-39(48)38(37-53-45-44(52)43(51)42(50)40(36-47)54-45)46-41(49)35-33-31-29-27-25-23-18-16-14-12-10-8-6-4-2/h16,18-20,24,26,32,34,38-40,42-45,47-48,50-52H,3-15,17,21-23,25,27-31,33,35-37H2,1-2H3,(H,46,49)/b18-16-,20-19+,26-24+,34-32+. The first-order valence-corrected chi connectivity index (χ1v) is 21.9. The van der Waals surface area contributed by atoms with Crippen molar-refractivity contribution >= 4 is 5.91 Å². The molecule has 54 heavy (non-hydrogen) atoms. The summed E-state index contributed by atoms with van der Waals surface area (Å²) in [4.78, 5) is 12.9. The molecule has 1 amide bonds. The summed E-state index contributed by atoms with van der Waals surface area (Å²) in [7, 11) is 0. The van der Waals surface area contributed by atoms with Crippen LogP contribution in [0.5, 0.6) is 0 Å². The minimum absolute atomic E-state index is 0.203. The van der Waals surface area contributed by atoms with Gasteiger partial charge in [-0.2, -0.15) is 0 Å². The largest absolute Gasteiger partial charge is 0.394 e. The Morgan fingerprint density at radius 1 is 0.611 bits per heavy atom. The van der Waals surface area contributed by atoms with Crippen LogP contribution >= 0.6 is 0 Å². The quantitative estimate of drug-likeness (QED) is 0.0278. The van der Waals surface area contributed by atoms with Gasteiger partial charge in [0.15, 0.2) is 6.29 Å². The van der Waals surface area contributed by atoms with E-state index < -0.39 is 49.5 Å². The molecule has 0 aliphatic carbocycles. The van der Waals surface area contributed by atoms with Crippen molar-refractivity contribution < 1.29 is 39.8 Å². The maximum atomic E-state index is 12.9. The molecule has 0 radical (unpaired) electrons. The van der Waals surface area contributed by atoms with Crippen LogP contribution in [0.4, 0.5) is 0 Å². The van der Waals surface area contributed by atoms with Crippen LogP contribution in [0.1, 0.15) is 174 Å². The van der Waals surface area contributed by atoms with Gasteiger partial charge in [0.05, 0.1) is 25.4 Å². The highest BCUT2D eigenvalue weighted by Gasteiger charge is 2.44. The third-order valence-corrected chi connectivity index (χ3v) is 10.1. The number of carbonyl (C=O) groups is 1. The second-order valence-electron chi connectivity index (χ2n) is 15.1. The highest BCUT2D eigenvalue weighted by Crippen LogP contribution is 2.22. The van der Waals surface area contributed by atoms with Crippen LogP contribution in [0.2, 0.25) is 0 Å². The highest BCUT2D eigenvalue weighted by molar-refractivity contribution is 5.76. The minimum atomic E-state index is -1.57. The number of unbranched alkanes of at least 4 members (excludes halogenated alkanes) is 19. The molecule has 0 aromatic carbocycles. The van der Waals surface area contributed by atoms with Crippen molar-refractivity contribution in [3.8, 4) is 0 Å². The first-order chi connectivity index (χ1) is 26.3. The van der Waals surface area contributed by atoms with E-state index in [2.05, 4.69) is 55.6 Å². The summed E-state index contributed by atoms with van der Waals surface area (Å²) < 4.78 is 11.2. The third-order valence-electron chi connectivity index (χ3n) is 10.1. The fourth-order valence-corrected chi connectivity index (χ4v) is 6.53. The van der Waals surface area contributed by atoms with E-state index in [1.807, 2.05) is 6.08 Å². The van der Waals surface area contributed by atoms with Crippen molar-refractivity contribution in [2.75, 3.05) is 13.2 Å². The van der Waals surface area contributed by atoms with Gasteiger partial charge in [0.25, 0.3) is 0 Å². The summed E-state index contributed by atoms with van der Waals surface area (Å²) in [5.41, 5.74) is 0. The molecule has 1 saturated heterocycles. The van der Waals surface area contributed by atoms with Gasteiger partial charge in [-0.05, 0) is 70.6 Å². The van der Waals surface area contributed by atoms with Gasteiger partial charge in [0.1, 0.15) is 24.4 Å². The van der Waals surface area contributed by atoms with Gasteiger partial charge in [0.2, 0.25) is 5.91 Å². The average Bonchev–Trinajstić information content (AvgIpc) is 3.17. The normalized spacial score (nSPS) is 21.9. The molecule has 0 saturated carbocycles. The predicted molar refractivity (Wildman–Crippen MR) is 221 cm³/mol. The lowest BCUT2D eigenvalue weighted by Gasteiger charge is -2.40. The molecule has 1 heterocycles. The van der Waals surface area contributed by atoms with Crippen LogP contribution in [-0.2, 0) is 14.3 Å². The van der Waals surface area contributed by atoms with Crippen LogP contribution in [0.15, 0.2) is 48.6 Å². The molecular weight excluding hydrogens is 682 g/mol. The number of aliphatic hydroxyl groups excluding tert-OH is 5. The number of aliphatic hydroxyl groups is 5. The molecule has 1 aliphatic heterocycles. The Hall–Kier alpha value is -1.85. The fourth-order valence-electron chi connectivity index (χ4n) is 6.53. The number of hydrogen-bond donors (Lipinski definition) is 6. The molecular formula is C45H81NO8. The van der Waals surface area contributed by atoms with E-state index >= 15 is 0 Å². The molecule has 1 aliphatic rings. The zero-order valence-electron chi connectivity index (χ0n) is 34.2. The number of ether oxygens (including phenoxy) is 2. The Labute approximate surface area is 329 Å². The molecule has 7 unspecified atom stereocenters. The fraction of sp³-hybridized carbons (Fsp3) is 0.800. The van der Waals surface area contributed by atoms with E-state index in [-0.39, 0.29) is 12.5 Å². The number of carbonyl (C=O) groups excluding carboxylic acids is 1. The van der Waals surface area contributed by atoms with E-state index in [1.165, 1.54) is 83.5 Å². The summed E-state index contributed by atoms with van der Waals surface area (Å²) in [5, 5.41) is 54.0. The van der Waals surface area contributed by atoms with E-state index in [0.29, 0.717) is 6.42 Å². The molecule has 6 N–H and O–H groups in total. The van der Waals surface area contributed by atoms with Crippen LogP contribution in [0, 0.1) is 0 Å². The van der Waals surface area contributed by atoms with Gasteiger partial charge in [-0.3, -0.25) is 4.79 Å². The van der Waals surface area contributed by atoms with Crippen LogP contribution < -0.4 is 5.32 Å². The predicted octanol–water partition coefficient (Wildman–Crippen LogP) is 8.67. The van der Waals surface area contributed by atoms with Gasteiger partial charge in [-0.1, -0.05) is 146 Å². The summed E-state index contributed by atoms with van der Waals surface area (Å²) in [6.45, 7) is 3.71. The number of nitrogens with one attached hydrogen (secondary N) is 1. The third kappa shape index (κ3) is 26.1. The molecule has 7 atom stereocenters. The number of rotatable bonds is 35. The molecule has 1 rings (SSSR count). The molecule has 0 aromatic heterocycles. The number of allylic oxidation sites excluding steroid dienone is 7. The van der Waals surface area contributed by atoms with Gasteiger partial charge in [-0.15, -0.1) is 0 Å². The van der Waals surface area contributed by atoms with Crippen LogP contribution in [-0.4, -0.2) is 87.5 Å². The van der Waals surface area contributed by atoms with E-state index in [4.69, 9.17) is 9.47 Å². The lowest BCUT2D eigenvalue weighted by Crippen LogP contribution is -2.60. The van der Waals surface area contributed by atoms with Gasteiger partial charge in [-0.25, -0.2) is 0 Å². The molecule has 0 bridgehead atoms. The Bertz CT molecular complexity index is 983. The summed E-state index contributed by atoms with van der Waals surface area (Å²) in [6, 6.07) is -0.831. The lowest BCUT2D eigenvalue weighted by molar-refractivity contribution is -0.302. The molecule has 9 nitrogen and oxygen atoms in total. The first kappa shape index (κ1) is 50.2. The van der Waals surface area contributed by atoms with Crippen molar-refractivity contribution in [3.05, 3.63) is 48.6 Å². The van der Waals surface area contributed by atoms with E-state index in [9.17, 15) is 30.3 Å². The molecule has 314 valence electrons. The van der Waals surface area contributed by atoms with Crippen molar-refractivity contribution in [1.82, 2.24) is 5.32 Å². The molecule has 0 aromatic rings. The maximum Gasteiger partial charge on any atom is 0.220 e. The van der Waals surface area contributed by atoms with Gasteiger partial charge in [0, 0.05) is 6.42 Å². The summed E-state index contributed by atoms with van der Waals surface area (Å²) in [6.07, 6.45) is 37.2. The van der Waals surface area contributed by atoms with Crippen LogP contribution in [0.3, 0.4) is 0 Å². The molecule has 9 heteroatoms. The van der Waals surface area contributed by atoms with Gasteiger partial charge >= 0.3 is 0 Å². The Balaban J connectivity index is 2.45. The summed E-state index contributed by atoms with van der Waals surface area (Å²) in [5.74, 6) is -0.203. The molecule has 1 fully saturated rings. The number of amides is 1. The van der Waals surface area contributed by atoms with Crippen molar-refractivity contribution in [2.24, 2.45) is 0 Å². The van der Waals surface area contributed by atoms with Crippen molar-refractivity contribution in [3.63, 3.8) is 0 Å². The SMILES string of the molecule is CCCCCCC/C=C\CCCCCCCC(=O)NC(COC1OC(CO)C(O)C(O)C1O)C(O)/C=C/CC/C=C/CC/C=C/CCCCCCCCC. The van der Waals surface area contributed by atoms with Crippen molar-refractivity contribution in [2.45, 2.75) is 217 Å².